The predicted molar refractivity (Wildman–Crippen MR) is 78.1 cm³/mol. The second kappa shape index (κ2) is 8.17. The van der Waals surface area contributed by atoms with Gasteiger partial charge in [-0.15, -0.1) is 12.1 Å². The Kier molecular flexibility index (Phi) is 7.49. The van der Waals surface area contributed by atoms with E-state index in [1.165, 1.54) is 5.56 Å². The maximum atomic E-state index is 12.5. The minimum absolute atomic E-state index is 0. The molecular formula is C14H19BF3KN2. The van der Waals surface area contributed by atoms with Crippen LogP contribution in [-0.4, -0.2) is 44.6 Å². The molecule has 1 aromatic carbocycles. The average molecular weight is 322 g/mol. The Morgan fingerprint density at radius 1 is 1.19 bits per heavy atom. The van der Waals surface area contributed by atoms with Crippen LogP contribution < -0.4 is 56.3 Å². The van der Waals surface area contributed by atoms with E-state index >= 15 is 0 Å². The third-order valence-electron chi connectivity index (χ3n) is 3.63. The van der Waals surface area contributed by atoms with E-state index in [0.717, 1.165) is 18.8 Å². The predicted octanol–water partition coefficient (Wildman–Crippen LogP) is 0.0638. The Hall–Kier alpha value is 0.211. The molecule has 0 N–H and O–H groups in total. The number of hydrogen-bond donors (Lipinski definition) is 0. The van der Waals surface area contributed by atoms with Gasteiger partial charge in [0.1, 0.15) is 0 Å². The molecular weight excluding hydrogens is 303 g/mol. The van der Waals surface area contributed by atoms with Crippen molar-refractivity contribution in [2.75, 3.05) is 37.6 Å². The normalized spacial score (nSPS) is 16.5. The summed E-state index contributed by atoms with van der Waals surface area (Å²) in [5, 5.41) is 0. The third kappa shape index (κ3) is 5.73. The van der Waals surface area contributed by atoms with Crippen LogP contribution >= 0.6 is 0 Å². The Balaban J connectivity index is 0.00000220. The summed E-state index contributed by atoms with van der Waals surface area (Å²) in [5.41, 5.74) is 1.73. The molecule has 110 valence electrons. The molecule has 1 aromatic rings. The summed E-state index contributed by atoms with van der Waals surface area (Å²) in [6, 6.07) is 8.19. The summed E-state index contributed by atoms with van der Waals surface area (Å²) in [7, 11) is 0. The number of hydrogen-bond acceptors (Lipinski definition) is 2. The van der Waals surface area contributed by atoms with Crippen LogP contribution in [0.3, 0.4) is 0 Å². The average Bonchev–Trinajstić information content (AvgIpc) is 2.38. The van der Waals surface area contributed by atoms with Crippen molar-refractivity contribution in [2.45, 2.75) is 6.92 Å². The molecule has 21 heavy (non-hydrogen) atoms. The smallest absolute Gasteiger partial charge is 0.445 e. The van der Waals surface area contributed by atoms with Crippen molar-refractivity contribution in [1.82, 2.24) is 4.90 Å². The molecule has 0 atom stereocenters. The zero-order valence-corrected chi connectivity index (χ0v) is 15.8. The number of nitrogens with zero attached hydrogens (tertiary/aromatic N) is 2. The van der Waals surface area contributed by atoms with Gasteiger partial charge >= 0.3 is 58.4 Å². The van der Waals surface area contributed by atoms with Crippen molar-refractivity contribution < 1.29 is 64.3 Å². The van der Waals surface area contributed by atoms with Crippen molar-refractivity contribution in [3.8, 4) is 0 Å². The monoisotopic (exact) mass is 322 g/mol. The molecule has 7 heteroatoms. The Bertz CT molecular complexity index is 485. The number of piperazine rings is 1. The quantitative estimate of drug-likeness (QED) is 0.724. The van der Waals surface area contributed by atoms with Gasteiger partial charge in [0.25, 0.3) is 0 Å². The first-order valence-electron chi connectivity index (χ1n) is 6.78. The zero-order chi connectivity index (χ0) is 14.8. The van der Waals surface area contributed by atoms with Gasteiger partial charge in [0.2, 0.25) is 0 Å². The fourth-order valence-corrected chi connectivity index (χ4v) is 2.38. The first-order chi connectivity index (χ1) is 9.36. The summed E-state index contributed by atoms with van der Waals surface area (Å²) < 4.78 is 37.5. The van der Waals surface area contributed by atoms with E-state index in [1.807, 2.05) is 30.0 Å². The van der Waals surface area contributed by atoms with E-state index in [-0.39, 0.29) is 57.9 Å². The third-order valence-corrected chi connectivity index (χ3v) is 3.63. The second-order valence-electron chi connectivity index (χ2n) is 5.34. The molecule has 1 aliphatic heterocycles. The van der Waals surface area contributed by atoms with Crippen LogP contribution in [-0.2, 0) is 0 Å². The molecule has 0 aromatic heterocycles. The van der Waals surface area contributed by atoms with Crippen molar-refractivity contribution in [2.24, 2.45) is 0 Å². The molecule has 0 aliphatic carbocycles. The summed E-state index contributed by atoms with van der Waals surface area (Å²) in [5.74, 6) is 0. The molecule has 0 amide bonds. The van der Waals surface area contributed by atoms with Crippen molar-refractivity contribution >= 4 is 12.7 Å². The van der Waals surface area contributed by atoms with Crippen molar-refractivity contribution in [1.29, 1.82) is 0 Å². The molecule has 1 aliphatic rings. The number of benzene rings is 1. The fourth-order valence-electron chi connectivity index (χ4n) is 2.38. The van der Waals surface area contributed by atoms with Crippen LogP contribution in [0.25, 0.3) is 0 Å². The van der Waals surface area contributed by atoms with Gasteiger partial charge in [0.15, 0.2) is 0 Å². The molecule has 0 radical (unpaired) electrons. The molecule has 0 bridgehead atoms. The minimum Gasteiger partial charge on any atom is -0.445 e. The number of aryl methyl sites for hydroxylation is 1. The molecule has 0 unspecified atom stereocenters. The molecule has 1 saturated heterocycles. The minimum atomic E-state index is -4.91. The van der Waals surface area contributed by atoms with E-state index in [1.54, 1.807) is 0 Å². The van der Waals surface area contributed by atoms with Crippen LogP contribution in [0.15, 0.2) is 36.3 Å². The van der Waals surface area contributed by atoms with Crippen LogP contribution in [0.5, 0.6) is 0 Å². The fraction of sp³-hybridized carbons (Fsp3) is 0.429. The van der Waals surface area contributed by atoms with Crippen molar-refractivity contribution in [3.05, 3.63) is 41.9 Å². The van der Waals surface area contributed by atoms with Gasteiger partial charge in [-0.3, -0.25) is 4.90 Å². The van der Waals surface area contributed by atoms with Gasteiger partial charge in [-0.25, -0.2) is 0 Å². The van der Waals surface area contributed by atoms with E-state index in [9.17, 15) is 12.9 Å². The van der Waals surface area contributed by atoms with Gasteiger partial charge in [-0.1, -0.05) is 12.1 Å². The SMILES string of the molecule is C=C(CN1CCN(c2cccc(C)c2)CC1)[B-](F)(F)F.[K+]. The summed E-state index contributed by atoms with van der Waals surface area (Å²) in [6.45, 7) is 2.99. The topological polar surface area (TPSA) is 6.48 Å². The maximum Gasteiger partial charge on any atom is 1.00 e. The molecule has 2 nitrogen and oxygen atoms in total. The molecule has 0 spiro atoms. The molecule has 1 fully saturated rings. The van der Waals surface area contributed by atoms with E-state index in [4.69, 9.17) is 0 Å². The number of halogens is 3. The Morgan fingerprint density at radius 2 is 1.81 bits per heavy atom. The van der Waals surface area contributed by atoms with Gasteiger partial charge in [0.05, 0.1) is 0 Å². The maximum absolute atomic E-state index is 12.5. The standard InChI is InChI=1S/C14H19BF3N2.K/c1-12-4-3-5-14(10-12)20-8-6-19(7-9-20)11-13(2)15(16,17)18;/h3-5,10H,2,6-9,11H2,1H3;/q-1;+1. The second-order valence-corrected chi connectivity index (χ2v) is 5.34. The van der Waals surface area contributed by atoms with Crippen LogP contribution in [0.1, 0.15) is 5.56 Å². The largest absolute Gasteiger partial charge is 1.00 e. The van der Waals surface area contributed by atoms with Crippen LogP contribution in [0, 0.1) is 6.92 Å². The molecule has 1 heterocycles. The first-order valence-corrected chi connectivity index (χ1v) is 6.78. The summed E-state index contributed by atoms with van der Waals surface area (Å²) in [6.07, 6.45) is 0. The zero-order valence-electron chi connectivity index (χ0n) is 12.7. The summed E-state index contributed by atoms with van der Waals surface area (Å²) >= 11 is 0. The van der Waals surface area contributed by atoms with E-state index in [0.29, 0.717) is 13.1 Å². The number of anilines is 1. The van der Waals surface area contributed by atoms with Gasteiger partial charge < -0.3 is 17.8 Å². The van der Waals surface area contributed by atoms with Gasteiger partial charge in [-0.05, 0) is 31.2 Å². The molecule has 0 saturated carbocycles. The Labute approximate surface area is 166 Å². The van der Waals surface area contributed by atoms with Crippen molar-refractivity contribution in [3.63, 3.8) is 0 Å². The molecule has 2 rings (SSSR count). The van der Waals surface area contributed by atoms with E-state index < -0.39 is 12.4 Å². The Morgan fingerprint density at radius 3 is 2.33 bits per heavy atom. The van der Waals surface area contributed by atoms with Crippen LogP contribution in [0.2, 0.25) is 0 Å². The first kappa shape index (κ1) is 19.3. The van der Waals surface area contributed by atoms with Gasteiger partial charge in [0, 0.05) is 31.9 Å². The number of rotatable bonds is 4. The van der Waals surface area contributed by atoms with E-state index in [2.05, 4.69) is 17.5 Å². The van der Waals surface area contributed by atoms with Crippen LogP contribution in [0.4, 0.5) is 18.6 Å². The summed E-state index contributed by atoms with van der Waals surface area (Å²) in [4.78, 5) is 4.04. The van der Waals surface area contributed by atoms with Gasteiger partial charge in [-0.2, -0.15) is 0 Å².